The second kappa shape index (κ2) is 7.93. The van der Waals surface area contributed by atoms with Gasteiger partial charge in [0.2, 0.25) is 11.0 Å². The van der Waals surface area contributed by atoms with E-state index in [1.165, 1.54) is 39.8 Å². The number of para-hydroxylation sites is 1. The lowest BCUT2D eigenvalue weighted by Crippen LogP contribution is -2.36. The lowest BCUT2D eigenvalue weighted by molar-refractivity contribution is -0.116. The quantitative estimate of drug-likeness (QED) is 0.602. The molecule has 0 spiro atoms. The molecule has 1 atom stereocenters. The number of nitrogens with zero attached hydrogens (tertiary/aromatic N) is 3. The summed E-state index contributed by atoms with van der Waals surface area (Å²) < 4.78 is 0.791. The second-order valence-corrected chi connectivity index (χ2v) is 9.23. The summed E-state index contributed by atoms with van der Waals surface area (Å²) >= 11 is 2.91. The molecule has 3 aromatic rings. The summed E-state index contributed by atoms with van der Waals surface area (Å²) in [7, 11) is 0. The van der Waals surface area contributed by atoms with Crippen LogP contribution in [-0.4, -0.2) is 27.9 Å². The molecule has 144 valence electrons. The standard InChI is InChI=1S/C21H22N4OS2/c1-13-8-9-17(10-14(13)2)22-20-23-24-21(28-20)27-12-19(26)25-15(3)11-16-6-4-5-7-18(16)25/h4-10,15H,11-12H2,1-3H3,(H,22,23)/t15-/m0/s1. The molecule has 2 heterocycles. The average molecular weight is 411 g/mol. The Morgan fingerprint density at radius 2 is 2.04 bits per heavy atom. The highest BCUT2D eigenvalue weighted by atomic mass is 32.2. The number of fused-ring (bicyclic) bond motifs is 1. The molecule has 1 aromatic heterocycles. The van der Waals surface area contributed by atoms with Crippen molar-refractivity contribution >= 4 is 45.5 Å². The van der Waals surface area contributed by atoms with Gasteiger partial charge in [-0.25, -0.2) is 0 Å². The van der Waals surface area contributed by atoms with Crippen molar-refractivity contribution in [3.8, 4) is 0 Å². The van der Waals surface area contributed by atoms with E-state index in [0.717, 1.165) is 27.3 Å². The molecule has 1 amide bonds. The van der Waals surface area contributed by atoms with Crippen molar-refractivity contribution in [3.63, 3.8) is 0 Å². The summed E-state index contributed by atoms with van der Waals surface area (Å²) in [6.45, 7) is 6.28. The summed E-state index contributed by atoms with van der Waals surface area (Å²) in [4.78, 5) is 14.7. The molecule has 5 nitrogen and oxygen atoms in total. The van der Waals surface area contributed by atoms with E-state index in [2.05, 4.69) is 54.5 Å². The van der Waals surface area contributed by atoms with Crippen molar-refractivity contribution in [2.24, 2.45) is 0 Å². The fraction of sp³-hybridized carbons (Fsp3) is 0.286. The van der Waals surface area contributed by atoms with Gasteiger partial charge in [-0.15, -0.1) is 10.2 Å². The Bertz CT molecular complexity index is 1020. The van der Waals surface area contributed by atoms with E-state index in [1.54, 1.807) is 0 Å². The van der Waals surface area contributed by atoms with Crippen molar-refractivity contribution in [1.82, 2.24) is 10.2 Å². The maximum Gasteiger partial charge on any atom is 0.237 e. The Hall–Kier alpha value is -2.38. The number of aryl methyl sites for hydroxylation is 2. The molecule has 1 aliphatic heterocycles. The number of hydrogen-bond donors (Lipinski definition) is 1. The first-order valence-corrected chi connectivity index (χ1v) is 11.0. The molecule has 28 heavy (non-hydrogen) atoms. The first-order chi connectivity index (χ1) is 13.5. The van der Waals surface area contributed by atoms with Gasteiger partial charge in [-0.05, 0) is 62.1 Å². The molecule has 7 heteroatoms. The second-order valence-electron chi connectivity index (χ2n) is 7.03. The maximum atomic E-state index is 12.8. The zero-order chi connectivity index (χ0) is 19.7. The van der Waals surface area contributed by atoms with Crippen LogP contribution in [0.15, 0.2) is 46.8 Å². The average Bonchev–Trinajstić information content (AvgIpc) is 3.26. The summed E-state index contributed by atoms with van der Waals surface area (Å²) in [5.74, 6) is 0.470. The van der Waals surface area contributed by atoms with Gasteiger partial charge < -0.3 is 10.2 Å². The Kier molecular flexibility index (Phi) is 5.37. The highest BCUT2D eigenvalue weighted by molar-refractivity contribution is 8.01. The third-order valence-corrected chi connectivity index (χ3v) is 6.92. The van der Waals surface area contributed by atoms with Crippen LogP contribution in [0, 0.1) is 13.8 Å². The lowest BCUT2D eigenvalue weighted by Gasteiger charge is -2.22. The van der Waals surface area contributed by atoms with E-state index in [4.69, 9.17) is 0 Å². The molecular formula is C21H22N4OS2. The molecule has 1 N–H and O–H groups in total. The topological polar surface area (TPSA) is 58.1 Å². The predicted octanol–water partition coefficient (Wildman–Crippen LogP) is 4.97. The van der Waals surface area contributed by atoms with E-state index in [9.17, 15) is 4.79 Å². The van der Waals surface area contributed by atoms with E-state index < -0.39 is 0 Å². The summed E-state index contributed by atoms with van der Waals surface area (Å²) in [6, 6.07) is 14.6. The first kappa shape index (κ1) is 19.0. The molecule has 1 aliphatic rings. The van der Waals surface area contributed by atoms with Gasteiger partial charge in [0.1, 0.15) is 0 Å². The Balaban J connectivity index is 1.38. The van der Waals surface area contributed by atoms with Crippen LogP contribution < -0.4 is 10.2 Å². The summed E-state index contributed by atoms with van der Waals surface area (Å²) in [6.07, 6.45) is 0.912. The largest absolute Gasteiger partial charge is 0.330 e. The third-order valence-electron chi connectivity index (χ3n) is 4.96. The van der Waals surface area contributed by atoms with Gasteiger partial charge in [0.05, 0.1) is 5.75 Å². The van der Waals surface area contributed by atoms with Crippen LogP contribution >= 0.6 is 23.1 Å². The molecule has 2 aromatic carbocycles. The predicted molar refractivity (Wildman–Crippen MR) is 117 cm³/mol. The Morgan fingerprint density at radius 3 is 2.86 bits per heavy atom. The van der Waals surface area contributed by atoms with Crippen molar-refractivity contribution < 1.29 is 4.79 Å². The summed E-state index contributed by atoms with van der Waals surface area (Å²) in [5, 5.41) is 12.4. The fourth-order valence-electron chi connectivity index (χ4n) is 3.40. The highest BCUT2D eigenvalue weighted by Gasteiger charge is 2.30. The van der Waals surface area contributed by atoms with E-state index in [-0.39, 0.29) is 11.9 Å². The van der Waals surface area contributed by atoms with Gasteiger partial charge in [0, 0.05) is 17.4 Å². The van der Waals surface area contributed by atoms with Crippen molar-refractivity contribution in [2.45, 2.75) is 37.6 Å². The molecule has 0 saturated heterocycles. The van der Waals surface area contributed by atoms with Crippen LogP contribution in [0.5, 0.6) is 0 Å². The molecule has 0 aliphatic carbocycles. The van der Waals surface area contributed by atoms with E-state index >= 15 is 0 Å². The van der Waals surface area contributed by atoms with Crippen LogP contribution in [0.25, 0.3) is 0 Å². The lowest BCUT2D eigenvalue weighted by atomic mass is 10.1. The zero-order valence-corrected chi connectivity index (χ0v) is 17.7. The Labute approximate surface area is 173 Å². The van der Waals surface area contributed by atoms with Crippen LogP contribution in [0.2, 0.25) is 0 Å². The maximum absolute atomic E-state index is 12.8. The van der Waals surface area contributed by atoms with Crippen molar-refractivity contribution in [3.05, 3.63) is 59.2 Å². The van der Waals surface area contributed by atoms with Crippen LogP contribution in [0.4, 0.5) is 16.5 Å². The highest BCUT2D eigenvalue weighted by Crippen LogP contribution is 2.34. The smallest absolute Gasteiger partial charge is 0.237 e. The van der Waals surface area contributed by atoms with Crippen LogP contribution in [-0.2, 0) is 11.2 Å². The van der Waals surface area contributed by atoms with Gasteiger partial charge >= 0.3 is 0 Å². The number of anilines is 3. The number of carbonyl (C=O) groups is 1. The van der Waals surface area contributed by atoms with Gasteiger partial charge in [-0.1, -0.05) is 47.4 Å². The minimum Gasteiger partial charge on any atom is -0.330 e. The first-order valence-electron chi connectivity index (χ1n) is 9.22. The van der Waals surface area contributed by atoms with E-state index in [0.29, 0.717) is 5.75 Å². The van der Waals surface area contributed by atoms with Crippen molar-refractivity contribution in [1.29, 1.82) is 0 Å². The van der Waals surface area contributed by atoms with Gasteiger partial charge in [0.15, 0.2) is 4.34 Å². The number of amides is 1. The number of hydrogen-bond acceptors (Lipinski definition) is 6. The SMILES string of the molecule is Cc1ccc(Nc2nnc(SCC(=O)N3c4ccccc4C[C@@H]3C)s2)cc1C. The minimum atomic E-state index is 0.112. The number of nitrogens with one attached hydrogen (secondary N) is 1. The molecule has 0 bridgehead atoms. The van der Waals surface area contributed by atoms with Gasteiger partial charge in [-0.2, -0.15) is 0 Å². The number of thioether (sulfide) groups is 1. The van der Waals surface area contributed by atoms with E-state index in [1.807, 2.05) is 29.2 Å². The molecule has 0 unspecified atom stereocenters. The van der Waals surface area contributed by atoms with Gasteiger partial charge in [-0.3, -0.25) is 4.79 Å². The fourth-order valence-corrected chi connectivity index (χ4v) is 5.03. The monoisotopic (exact) mass is 410 g/mol. The molecule has 0 radical (unpaired) electrons. The number of aromatic nitrogens is 2. The third kappa shape index (κ3) is 3.91. The number of rotatable bonds is 5. The van der Waals surface area contributed by atoms with Gasteiger partial charge in [0.25, 0.3) is 0 Å². The van der Waals surface area contributed by atoms with Crippen molar-refractivity contribution in [2.75, 3.05) is 16.0 Å². The molecule has 0 saturated carbocycles. The van der Waals surface area contributed by atoms with Crippen LogP contribution in [0.3, 0.4) is 0 Å². The molecule has 4 rings (SSSR count). The Morgan fingerprint density at radius 1 is 1.21 bits per heavy atom. The normalized spacial score (nSPS) is 15.5. The van der Waals surface area contributed by atoms with Crippen LogP contribution in [0.1, 0.15) is 23.6 Å². The summed E-state index contributed by atoms with van der Waals surface area (Å²) in [5.41, 5.74) is 5.76. The number of benzene rings is 2. The minimum absolute atomic E-state index is 0.112. The zero-order valence-electron chi connectivity index (χ0n) is 16.1. The number of carbonyl (C=O) groups excluding carboxylic acids is 1. The molecular weight excluding hydrogens is 388 g/mol. The molecule has 0 fully saturated rings.